The molecule has 0 radical (unpaired) electrons. The highest BCUT2D eigenvalue weighted by Gasteiger charge is 2.18. The predicted octanol–water partition coefficient (Wildman–Crippen LogP) is -0.103. The van der Waals surface area contributed by atoms with Gasteiger partial charge in [0.25, 0.3) is 5.56 Å². The summed E-state index contributed by atoms with van der Waals surface area (Å²) >= 11 is 0. The summed E-state index contributed by atoms with van der Waals surface area (Å²) in [6, 6.07) is 2.78. The van der Waals surface area contributed by atoms with Crippen LogP contribution in [0.1, 0.15) is 10.5 Å². The minimum atomic E-state index is -1.73. The number of carboxylic acid groups (broad SMARTS) is 1. The molecule has 0 unspecified atom stereocenters. The van der Waals surface area contributed by atoms with Gasteiger partial charge in [-0.3, -0.25) is 9.78 Å². The highest BCUT2D eigenvalue weighted by Crippen LogP contribution is 2.14. The number of hydrogen-bond donors (Lipinski definition) is 2. The van der Waals surface area contributed by atoms with Crippen LogP contribution in [0.15, 0.2) is 27.8 Å². The molecule has 98 valence electrons. The second kappa shape index (κ2) is 4.44. The summed E-state index contributed by atoms with van der Waals surface area (Å²) in [5.41, 5.74) is -4.43. The zero-order chi connectivity index (χ0) is 14.2. The minimum Gasteiger partial charge on any atom is -0.476 e. The molecule has 0 fully saturated rings. The monoisotopic (exact) mass is 269 g/mol. The number of nitrogens with one attached hydrogen (secondary N) is 1. The van der Waals surface area contributed by atoms with Crippen molar-refractivity contribution < 1.29 is 18.7 Å². The molecule has 0 saturated heterocycles. The van der Waals surface area contributed by atoms with Crippen LogP contribution in [0.5, 0.6) is 0 Å². The maximum atomic E-state index is 13.5. The van der Waals surface area contributed by atoms with Gasteiger partial charge in [-0.25, -0.2) is 18.4 Å². The molecule has 19 heavy (non-hydrogen) atoms. The van der Waals surface area contributed by atoms with Crippen molar-refractivity contribution in [1.29, 1.82) is 0 Å². The quantitative estimate of drug-likeness (QED) is 0.791. The summed E-state index contributed by atoms with van der Waals surface area (Å²) in [6.45, 7) is 0. The Hall–Kier alpha value is -2.84. The largest absolute Gasteiger partial charge is 0.476 e. The minimum absolute atomic E-state index is 0.148. The number of carboxylic acids is 1. The highest BCUT2D eigenvalue weighted by molar-refractivity contribution is 5.84. The van der Waals surface area contributed by atoms with Gasteiger partial charge in [-0.05, 0) is 12.1 Å². The van der Waals surface area contributed by atoms with Gasteiger partial charge in [-0.15, -0.1) is 0 Å². The third-order valence-corrected chi connectivity index (χ3v) is 2.18. The van der Waals surface area contributed by atoms with Crippen molar-refractivity contribution in [3.63, 3.8) is 0 Å². The van der Waals surface area contributed by atoms with Crippen molar-refractivity contribution in [2.75, 3.05) is 0 Å². The van der Waals surface area contributed by atoms with Crippen molar-refractivity contribution in [2.45, 2.75) is 0 Å². The first kappa shape index (κ1) is 12.6. The van der Waals surface area contributed by atoms with E-state index in [0.717, 1.165) is 18.2 Å². The molecule has 0 saturated carbocycles. The smallest absolute Gasteiger partial charge is 0.362 e. The lowest BCUT2D eigenvalue weighted by atomic mass is 10.3. The molecule has 0 bridgehead atoms. The summed E-state index contributed by atoms with van der Waals surface area (Å²) in [7, 11) is 0. The Morgan fingerprint density at radius 2 is 1.84 bits per heavy atom. The number of carbonyl (C=O) groups is 1. The second-order valence-electron chi connectivity index (χ2n) is 3.40. The molecule has 0 atom stereocenters. The Bertz CT molecular complexity index is 761. The van der Waals surface area contributed by atoms with E-state index in [4.69, 9.17) is 5.11 Å². The topological polar surface area (TPSA) is 105 Å². The van der Waals surface area contributed by atoms with Crippen molar-refractivity contribution in [3.8, 4) is 5.69 Å². The van der Waals surface area contributed by atoms with Crippen LogP contribution >= 0.6 is 0 Å². The number of rotatable bonds is 2. The van der Waals surface area contributed by atoms with Crippen molar-refractivity contribution in [3.05, 3.63) is 56.4 Å². The van der Waals surface area contributed by atoms with Gasteiger partial charge in [0.2, 0.25) is 5.69 Å². The highest BCUT2D eigenvalue weighted by atomic mass is 19.1. The van der Waals surface area contributed by atoms with Gasteiger partial charge in [-0.1, -0.05) is 6.07 Å². The van der Waals surface area contributed by atoms with E-state index in [1.165, 1.54) is 0 Å². The van der Waals surface area contributed by atoms with E-state index < -0.39 is 40.2 Å². The summed E-state index contributed by atoms with van der Waals surface area (Å²) in [5, 5.41) is 11.8. The maximum absolute atomic E-state index is 13.5. The number of halogens is 2. The van der Waals surface area contributed by atoms with E-state index in [2.05, 4.69) is 5.10 Å². The summed E-state index contributed by atoms with van der Waals surface area (Å²) < 4.78 is 27.1. The molecule has 0 aliphatic rings. The van der Waals surface area contributed by atoms with E-state index in [-0.39, 0.29) is 4.68 Å². The van der Waals surface area contributed by atoms with Crippen molar-refractivity contribution in [1.82, 2.24) is 14.8 Å². The zero-order valence-electron chi connectivity index (χ0n) is 9.05. The molecule has 2 aromatic rings. The molecule has 1 heterocycles. The fraction of sp³-hybridized carbons (Fsp3) is 0. The summed E-state index contributed by atoms with van der Waals surface area (Å²) in [5.74, 6) is -3.98. The van der Waals surface area contributed by atoms with Gasteiger partial charge in [0, 0.05) is 0 Å². The third-order valence-electron chi connectivity index (χ3n) is 2.18. The molecular formula is C10H5F2N3O4. The standard InChI is InChI=1S/C10H5F2N3O4/c11-4-2-1-3-5(12)7(4)15-10(19)13-8(16)6(14-15)9(17)18/h1-3H,(H,17,18)(H,13,16,19). The first-order valence-corrected chi connectivity index (χ1v) is 4.83. The average molecular weight is 269 g/mol. The SMILES string of the molecule is O=C(O)c1nn(-c2c(F)cccc2F)c(=O)[nH]c1=O. The van der Waals surface area contributed by atoms with Gasteiger partial charge in [0.1, 0.15) is 5.69 Å². The fourth-order valence-electron chi connectivity index (χ4n) is 1.38. The van der Waals surface area contributed by atoms with Crippen LogP contribution in [0.25, 0.3) is 5.69 Å². The van der Waals surface area contributed by atoms with E-state index in [0.29, 0.717) is 0 Å². The Morgan fingerprint density at radius 3 is 2.37 bits per heavy atom. The van der Waals surface area contributed by atoms with Gasteiger partial charge in [0.15, 0.2) is 11.6 Å². The number of benzene rings is 1. The van der Waals surface area contributed by atoms with Crippen LogP contribution in [-0.4, -0.2) is 25.8 Å². The van der Waals surface area contributed by atoms with Crippen LogP contribution in [0, 0.1) is 11.6 Å². The van der Waals surface area contributed by atoms with E-state index in [1.54, 1.807) is 4.98 Å². The van der Waals surface area contributed by atoms with Crippen LogP contribution < -0.4 is 11.2 Å². The number of H-pyrrole nitrogens is 1. The van der Waals surface area contributed by atoms with Crippen molar-refractivity contribution >= 4 is 5.97 Å². The summed E-state index contributed by atoms with van der Waals surface area (Å²) in [6.07, 6.45) is 0. The number of aromatic amines is 1. The van der Waals surface area contributed by atoms with Crippen LogP contribution in [0.4, 0.5) is 8.78 Å². The molecule has 9 heteroatoms. The van der Waals surface area contributed by atoms with Crippen LogP contribution in [-0.2, 0) is 0 Å². The number of aromatic carboxylic acids is 1. The molecule has 1 aromatic carbocycles. The molecule has 0 aliphatic heterocycles. The van der Waals surface area contributed by atoms with Crippen LogP contribution in [0.3, 0.4) is 0 Å². The third kappa shape index (κ3) is 2.12. The average Bonchev–Trinajstić information content (AvgIpc) is 2.30. The van der Waals surface area contributed by atoms with E-state index in [1.807, 2.05) is 0 Å². The molecule has 0 amide bonds. The second-order valence-corrected chi connectivity index (χ2v) is 3.40. The first-order chi connectivity index (χ1) is 8.91. The Kier molecular flexibility index (Phi) is 2.95. The lowest BCUT2D eigenvalue weighted by molar-refractivity contribution is 0.0685. The molecule has 2 rings (SSSR count). The number of para-hydroxylation sites is 1. The number of nitrogens with zero attached hydrogens (tertiary/aromatic N) is 2. The molecule has 2 N–H and O–H groups in total. The lowest BCUT2D eigenvalue weighted by Gasteiger charge is -2.06. The number of aromatic nitrogens is 3. The number of hydrogen-bond acceptors (Lipinski definition) is 4. The lowest BCUT2D eigenvalue weighted by Crippen LogP contribution is -2.36. The van der Waals surface area contributed by atoms with Gasteiger partial charge in [-0.2, -0.15) is 9.78 Å². The molecule has 0 aliphatic carbocycles. The van der Waals surface area contributed by atoms with E-state index in [9.17, 15) is 23.2 Å². The Balaban J connectivity index is 2.84. The Labute approximate surface area is 102 Å². The zero-order valence-corrected chi connectivity index (χ0v) is 9.05. The first-order valence-electron chi connectivity index (χ1n) is 4.83. The summed E-state index contributed by atoms with van der Waals surface area (Å²) in [4.78, 5) is 34.9. The maximum Gasteiger partial charge on any atom is 0.362 e. The Morgan fingerprint density at radius 1 is 1.26 bits per heavy atom. The predicted molar refractivity (Wildman–Crippen MR) is 57.3 cm³/mol. The fourth-order valence-corrected chi connectivity index (χ4v) is 1.38. The molecular weight excluding hydrogens is 264 g/mol. The molecule has 0 spiro atoms. The van der Waals surface area contributed by atoms with E-state index >= 15 is 0 Å². The van der Waals surface area contributed by atoms with Gasteiger partial charge < -0.3 is 5.11 Å². The molecule has 7 nitrogen and oxygen atoms in total. The van der Waals surface area contributed by atoms with Gasteiger partial charge in [0.05, 0.1) is 0 Å². The normalized spacial score (nSPS) is 10.4. The van der Waals surface area contributed by atoms with Crippen molar-refractivity contribution in [2.24, 2.45) is 0 Å². The van der Waals surface area contributed by atoms with Crippen LogP contribution in [0.2, 0.25) is 0 Å². The van der Waals surface area contributed by atoms with Gasteiger partial charge >= 0.3 is 11.7 Å². The molecule has 1 aromatic heterocycles.